The molecule has 10 heteroatoms. The number of halogens is 1. The Balaban J connectivity index is 1.29. The van der Waals surface area contributed by atoms with Crippen LogP contribution in [0.5, 0.6) is 0 Å². The van der Waals surface area contributed by atoms with Crippen LogP contribution in [0.2, 0.25) is 5.02 Å². The molecule has 2 aromatic heterocycles. The van der Waals surface area contributed by atoms with Gasteiger partial charge in [0, 0.05) is 53.6 Å². The van der Waals surface area contributed by atoms with Gasteiger partial charge in [0.05, 0.1) is 17.3 Å². The molecule has 0 aliphatic carbocycles. The minimum atomic E-state index is -0.692. The predicted octanol–water partition coefficient (Wildman–Crippen LogP) is 4.94. The highest BCUT2D eigenvalue weighted by Gasteiger charge is 2.27. The third kappa shape index (κ3) is 5.32. The maximum absolute atomic E-state index is 13.7. The molecule has 3 heterocycles. The van der Waals surface area contributed by atoms with Crippen LogP contribution >= 0.6 is 22.9 Å². The number of benzene rings is 3. The number of carbonyl (C=O) groups excluding carboxylic acids is 2. The van der Waals surface area contributed by atoms with E-state index in [9.17, 15) is 19.5 Å². The van der Waals surface area contributed by atoms with E-state index < -0.39 is 17.4 Å². The smallest absolute Gasteiger partial charge is 0.257 e. The number of nitrogens with zero attached hydrogens (tertiary/aromatic N) is 3. The van der Waals surface area contributed by atoms with E-state index in [0.717, 1.165) is 26.8 Å². The zero-order valence-electron chi connectivity index (χ0n) is 23.1. The van der Waals surface area contributed by atoms with Gasteiger partial charge in [-0.05, 0) is 59.3 Å². The number of fused-ring (bicyclic) bond motifs is 1. The third-order valence-electron chi connectivity index (χ3n) is 7.67. The van der Waals surface area contributed by atoms with Crippen molar-refractivity contribution in [3.05, 3.63) is 110 Å². The monoisotopic (exact) mass is 600 g/mol. The maximum atomic E-state index is 13.7. The average Bonchev–Trinajstić information content (AvgIpc) is 3.41. The van der Waals surface area contributed by atoms with Gasteiger partial charge in [-0.2, -0.15) is 0 Å². The summed E-state index contributed by atoms with van der Waals surface area (Å²) >= 11 is 7.56. The number of nitrogens with one attached hydrogen (secondary N) is 1. The van der Waals surface area contributed by atoms with E-state index in [-0.39, 0.29) is 24.6 Å². The van der Waals surface area contributed by atoms with E-state index in [2.05, 4.69) is 5.32 Å². The van der Waals surface area contributed by atoms with Crippen molar-refractivity contribution in [2.24, 2.45) is 0 Å². The lowest BCUT2D eigenvalue weighted by Gasteiger charge is -2.29. The highest BCUT2D eigenvalue weighted by Crippen LogP contribution is 2.33. The van der Waals surface area contributed by atoms with E-state index in [0.29, 0.717) is 34.7 Å². The Kier molecular flexibility index (Phi) is 7.59. The Morgan fingerprint density at radius 1 is 1.10 bits per heavy atom. The molecule has 2 amide bonds. The van der Waals surface area contributed by atoms with Gasteiger partial charge in [0.15, 0.2) is 0 Å². The minimum Gasteiger partial charge on any atom is -0.387 e. The summed E-state index contributed by atoms with van der Waals surface area (Å²) in [6.45, 7) is 1.06. The second-order valence-corrected chi connectivity index (χ2v) is 12.0. The summed E-state index contributed by atoms with van der Waals surface area (Å²) in [7, 11) is 3.60. The lowest BCUT2D eigenvalue weighted by atomic mass is 10.0. The molecule has 214 valence electrons. The van der Waals surface area contributed by atoms with E-state index >= 15 is 0 Å². The van der Waals surface area contributed by atoms with E-state index in [1.165, 1.54) is 6.20 Å². The second-order valence-electron chi connectivity index (χ2n) is 10.7. The van der Waals surface area contributed by atoms with Crippen LogP contribution in [0.4, 0.5) is 5.69 Å². The highest BCUT2D eigenvalue weighted by molar-refractivity contribution is 7.17. The van der Waals surface area contributed by atoms with Crippen molar-refractivity contribution < 1.29 is 14.7 Å². The number of amides is 2. The molecule has 0 fully saturated rings. The summed E-state index contributed by atoms with van der Waals surface area (Å²) in [4.78, 5) is 43.3. The van der Waals surface area contributed by atoms with Crippen LogP contribution in [0.25, 0.3) is 21.0 Å². The quantitative estimate of drug-likeness (QED) is 0.263. The number of aliphatic hydroxyl groups is 1. The fraction of sp³-hybridized carbons (Fsp3) is 0.219. The Labute approximate surface area is 251 Å². The summed E-state index contributed by atoms with van der Waals surface area (Å²) in [5.74, 6) is -0.660. The maximum Gasteiger partial charge on any atom is 0.257 e. The van der Waals surface area contributed by atoms with Gasteiger partial charge in [0.2, 0.25) is 11.3 Å². The van der Waals surface area contributed by atoms with Crippen LogP contribution in [0.3, 0.4) is 0 Å². The average molecular weight is 601 g/mol. The Hall–Kier alpha value is -4.02. The largest absolute Gasteiger partial charge is 0.387 e. The molecular formula is C32H29ClN4O4S. The molecule has 0 saturated carbocycles. The summed E-state index contributed by atoms with van der Waals surface area (Å²) in [6.07, 6.45) is 0.784. The zero-order chi connectivity index (χ0) is 29.5. The molecule has 0 unspecified atom stereocenters. The van der Waals surface area contributed by atoms with Gasteiger partial charge in [-0.25, -0.2) is 0 Å². The molecule has 0 radical (unpaired) electrons. The molecule has 3 aromatic carbocycles. The molecule has 1 aliphatic heterocycles. The van der Waals surface area contributed by atoms with E-state index in [4.69, 9.17) is 11.6 Å². The third-order valence-corrected chi connectivity index (χ3v) is 8.90. The standard InChI is InChI=1S/C32H29ClN4O4S/c1-35(16-27(38)25-18-42-28-6-4-3-5-22(25)28)14-20-11-23-30-26(12-20)36(2)29(39)17-37(30)15-24(31(23)40)32(41)34-13-19-7-9-21(33)10-8-19/h3-12,15,18,27,38H,13-14,16-17H2,1-2H3,(H,34,41)/t27-/m1/s1. The summed E-state index contributed by atoms with van der Waals surface area (Å²) in [6, 6.07) is 18.8. The van der Waals surface area contributed by atoms with Crippen molar-refractivity contribution in [2.75, 3.05) is 25.5 Å². The molecule has 1 atom stereocenters. The summed E-state index contributed by atoms with van der Waals surface area (Å²) in [5.41, 5.74) is 3.34. The molecule has 6 rings (SSSR count). The fourth-order valence-corrected chi connectivity index (χ4v) is 6.64. The number of rotatable bonds is 8. The van der Waals surface area contributed by atoms with Gasteiger partial charge in [0.25, 0.3) is 5.91 Å². The molecular weight excluding hydrogens is 572 g/mol. The number of carbonyl (C=O) groups is 2. The summed E-state index contributed by atoms with van der Waals surface area (Å²) in [5, 5.41) is 17.9. The summed E-state index contributed by atoms with van der Waals surface area (Å²) < 4.78 is 2.81. The number of pyridine rings is 1. The van der Waals surface area contributed by atoms with Gasteiger partial charge < -0.3 is 19.9 Å². The molecule has 42 heavy (non-hydrogen) atoms. The number of hydrogen-bond donors (Lipinski definition) is 2. The molecule has 1 aliphatic rings. The molecule has 0 saturated heterocycles. The SMILES string of the molecule is CN(Cc1cc2c3c(c1)c(=O)c(C(=O)NCc1ccc(Cl)cc1)cn3CC(=O)N2C)C[C@@H](O)c1csc2ccccc12. The van der Waals surface area contributed by atoms with Crippen LogP contribution in [0, 0.1) is 0 Å². The van der Waals surface area contributed by atoms with Crippen molar-refractivity contribution in [3.63, 3.8) is 0 Å². The number of likely N-dealkylation sites (N-methyl/N-ethyl adjacent to an activating group) is 2. The van der Waals surface area contributed by atoms with Crippen molar-refractivity contribution in [3.8, 4) is 0 Å². The van der Waals surface area contributed by atoms with Crippen LogP contribution in [-0.2, 0) is 24.4 Å². The first-order valence-electron chi connectivity index (χ1n) is 13.5. The fourth-order valence-electron chi connectivity index (χ4n) is 5.50. The zero-order valence-corrected chi connectivity index (χ0v) is 24.7. The lowest BCUT2D eigenvalue weighted by Crippen LogP contribution is -2.37. The first-order valence-corrected chi connectivity index (χ1v) is 14.8. The molecule has 8 nitrogen and oxygen atoms in total. The minimum absolute atomic E-state index is 0.0231. The number of thiophene rings is 1. The Morgan fingerprint density at radius 2 is 1.86 bits per heavy atom. The topological polar surface area (TPSA) is 94.9 Å². The van der Waals surface area contributed by atoms with Crippen LogP contribution in [-0.4, -0.2) is 47.0 Å². The molecule has 0 bridgehead atoms. The first-order chi connectivity index (χ1) is 20.2. The van der Waals surface area contributed by atoms with Gasteiger partial charge in [-0.15, -0.1) is 11.3 Å². The van der Waals surface area contributed by atoms with E-state index in [1.54, 1.807) is 58.2 Å². The number of anilines is 1. The van der Waals surface area contributed by atoms with Crippen molar-refractivity contribution >= 4 is 61.4 Å². The predicted molar refractivity (Wildman–Crippen MR) is 167 cm³/mol. The molecule has 5 aromatic rings. The number of aromatic nitrogens is 1. The van der Waals surface area contributed by atoms with Crippen molar-refractivity contribution in [1.82, 2.24) is 14.8 Å². The number of hydrogen-bond acceptors (Lipinski definition) is 6. The van der Waals surface area contributed by atoms with Crippen LogP contribution in [0.15, 0.2) is 77.0 Å². The first kappa shape index (κ1) is 28.1. The molecule has 2 N–H and O–H groups in total. The second kappa shape index (κ2) is 11.3. The van der Waals surface area contributed by atoms with Gasteiger partial charge in [-0.1, -0.05) is 41.9 Å². The number of aliphatic hydroxyl groups excluding tert-OH is 1. The van der Waals surface area contributed by atoms with Gasteiger partial charge in [0.1, 0.15) is 12.1 Å². The van der Waals surface area contributed by atoms with Crippen molar-refractivity contribution in [1.29, 1.82) is 0 Å². The van der Waals surface area contributed by atoms with Gasteiger partial charge in [-0.3, -0.25) is 19.3 Å². The Morgan fingerprint density at radius 3 is 2.64 bits per heavy atom. The normalized spacial score (nSPS) is 13.7. The molecule has 0 spiro atoms. The van der Waals surface area contributed by atoms with Gasteiger partial charge >= 0.3 is 0 Å². The van der Waals surface area contributed by atoms with Crippen LogP contribution in [0.1, 0.15) is 33.2 Å². The van der Waals surface area contributed by atoms with Crippen LogP contribution < -0.4 is 15.6 Å². The highest BCUT2D eigenvalue weighted by atomic mass is 35.5. The van der Waals surface area contributed by atoms with E-state index in [1.807, 2.05) is 47.7 Å². The van der Waals surface area contributed by atoms with Crippen molar-refractivity contribution in [2.45, 2.75) is 25.7 Å². The lowest BCUT2D eigenvalue weighted by molar-refractivity contribution is -0.119. The Bertz CT molecular complexity index is 1900.